The largest absolute Gasteiger partial charge is 0.436 e. The summed E-state index contributed by atoms with van der Waals surface area (Å²) in [4.78, 5) is 7.32. The zero-order valence-electron chi connectivity index (χ0n) is 31.0. The highest BCUT2D eigenvalue weighted by Crippen LogP contribution is 2.42. The average molecular weight is 730 g/mol. The topological polar surface area (TPSA) is 34.2 Å². The Balaban J connectivity index is 1.04. The fourth-order valence-corrected chi connectivity index (χ4v) is 8.33. The van der Waals surface area contributed by atoms with Gasteiger partial charge in [0.15, 0.2) is 5.58 Å². The standard InChI is InChI=1S/C53H35N3O/c1-4-13-36(14-5-1)37-23-27-41(28-24-37)55(43-31-32-47-46-19-10-11-22-49(46)56(50(47)35-43)40-17-8-3-9-18-40)42-29-25-38(26-30-42)44-20-12-21-48-45(44)33-34-51-52(48)54-53(57-51)39-15-6-2-7-16-39/h1-35H. The van der Waals surface area contributed by atoms with E-state index in [2.05, 4.69) is 185 Å². The van der Waals surface area contributed by atoms with Crippen molar-refractivity contribution in [1.29, 1.82) is 0 Å². The third-order valence-corrected chi connectivity index (χ3v) is 11.0. The Kier molecular flexibility index (Phi) is 7.78. The van der Waals surface area contributed by atoms with Gasteiger partial charge in [-0.1, -0.05) is 133 Å². The van der Waals surface area contributed by atoms with Gasteiger partial charge in [0.2, 0.25) is 5.89 Å². The van der Waals surface area contributed by atoms with Crippen LogP contribution in [0.1, 0.15) is 0 Å². The zero-order chi connectivity index (χ0) is 37.7. The molecule has 0 atom stereocenters. The van der Waals surface area contributed by atoms with Crippen molar-refractivity contribution in [3.63, 3.8) is 0 Å². The van der Waals surface area contributed by atoms with E-state index in [1.165, 1.54) is 27.4 Å². The van der Waals surface area contributed by atoms with Crippen LogP contribution in [-0.4, -0.2) is 9.55 Å². The average Bonchev–Trinajstić information content (AvgIpc) is 3.88. The van der Waals surface area contributed by atoms with Gasteiger partial charge >= 0.3 is 0 Å². The molecule has 268 valence electrons. The predicted octanol–water partition coefficient (Wildman–Crippen LogP) is 14.5. The van der Waals surface area contributed by atoms with Gasteiger partial charge in [-0.25, -0.2) is 4.98 Å². The zero-order valence-corrected chi connectivity index (χ0v) is 31.0. The number of oxazole rings is 1. The predicted molar refractivity (Wildman–Crippen MR) is 237 cm³/mol. The van der Waals surface area contributed by atoms with Crippen LogP contribution in [-0.2, 0) is 0 Å². The molecule has 9 aromatic carbocycles. The van der Waals surface area contributed by atoms with Gasteiger partial charge in [-0.15, -0.1) is 0 Å². The van der Waals surface area contributed by atoms with Gasteiger partial charge < -0.3 is 13.9 Å². The lowest BCUT2D eigenvalue weighted by atomic mass is 9.97. The van der Waals surface area contributed by atoms with Crippen LogP contribution in [0.15, 0.2) is 217 Å². The van der Waals surface area contributed by atoms with E-state index in [-0.39, 0.29) is 0 Å². The first kappa shape index (κ1) is 32.7. The number of hydrogen-bond acceptors (Lipinski definition) is 3. The molecule has 0 spiro atoms. The van der Waals surface area contributed by atoms with E-state index in [1.54, 1.807) is 0 Å². The van der Waals surface area contributed by atoms with E-state index in [0.29, 0.717) is 5.89 Å². The Bertz CT molecular complexity index is 3200. The molecule has 4 heteroatoms. The molecule has 2 aromatic heterocycles. The second-order valence-electron chi connectivity index (χ2n) is 14.4. The lowest BCUT2D eigenvalue weighted by molar-refractivity contribution is 0.620. The molecule has 0 unspecified atom stereocenters. The summed E-state index contributed by atoms with van der Waals surface area (Å²) < 4.78 is 8.60. The highest BCUT2D eigenvalue weighted by molar-refractivity contribution is 6.11. The maximum atomic E-state index is 6.22. The van der Waals surface area contributed by atoms with E-state index in [9.17, 15) is 0 Å². The summed E-state index contributed by atoms with van der Waals surface area (Å²) in [6, 6.07) is 75.3. The van der Waals surface area contributed by atoms with Gasteiger partial charge in [0.05, 0.1) is 11.0 Å². The second-order valence-corrected chi connectivity index (χ2v) is 14.4. The van der Waals surface area contributed by atoms with Gasteiger partial charge in [-0.2, -0.15) is 0 Å². The van der Waals surface area contributed by atoms with E-state index < -0.39 is 0 Å². The van der Waals surface area contributed by atoms with Crippen molar-refractivity contribution in [3.8, 4) is 39.4 Å². The molecule has 11 rings (SSSR count). The third-order valence-electron chi connectivity index (χ3n) is 11.0. The Morgan fingerprint density at radius 2 is 0.947 bits per heavy atom. The van der Waals surface area contributed by atoms with Crippen LogP contribution in [0, 0.1) is 0 Å². The molecule has 0 N–H and O–H groups in total. The van der Waals surface area contributed by atoms with E-state index in [4.69, 9.17) is 9.40 Å². The normalized spacial score (nSPS) is 11.5. The van der Waals surface area contributed by atoms with E-state index >= 15 is 0 Å². The first-order valence-electron chi connectivity index (χ1n) is 19.3. The molecule has 0 amide bonds. The number of aromatic nitrogens is 2. The first-order chi connectivity index (χ1) is 28.3. The lowest BCUT2D eigenvalue weighted by Crippen LogP contribution is -2.10. The molecular formula is C53H35N3O. The molecular weight excluding hydrogens is 695 g/mol. The van der Waals surface area contributed by atoms with Gasteiger partial charge in [0, 0.05) is 44.5 Å². The molecule has 11 aromatic rings. The van der Waals surface area contributed by atoms with Gasteiger partial charge in [-0.05, 0) is 107 Å². The molecule has 57 heavy (non-hydrogen) atoms. The van der Waals surface area contributed by atoms with Gasteiger partial charge in [0.25, 0.3) is 0 Å². The van der Waals surface area contributed by atoms with Crippen LogP contribution < -0.4 is 4.90 Å². The third kappa shape index (κ3) is 5.66. The minimum Gasteiger partial charge on any atom is -0.436 e. The number of anilines is 3. The molecule has 0 aliphatic carbocycles. The summed E-state index contributed by atoms with van der Waals surface area (Å²) in [5.74, 6) is 0.632. The maximum Gasteiger partial charge on any atom is 0.227 e. The Morgan fingerprint density at radius 1 is 0.386 bits per heavy atom. The number of rotatable bonds is 7. The number of hydrogen-bond donors (Lipinski definition) is 0. The Hall–Kier alpha value is -7.69. The number of benzene rings is 9. The molecule has 0 saturated heterocycles. The summed E-state index contributed by atoms with van der Waals surface area (Å²) in [6.07, 6.45) is 0. The van der Waals surface area contributed by atoms with Crippen LogP contribution in [0.3, 0.4) is 0 Å². The summed E-state index contributed by atoms with van der Waals surface area (Å²) in [7, 11) is 0. The molecule has 4 nitrogen and oxygen atoms in total. The van der Waals surface area contributed by atoms with E-state index in [0.717, 1.165) is 66.8 Å². The number of nitrogens with zero attached hydrogens (tertiary/aromatic N) is 3. The fourth-order valence-electron chi connectivity index (χ4n) is 8.33. The summed E-state index contributed by atoms with van der Waals surface area (Å²) in [5.41, 5.74) is 14.0. The van der Waals surface area contributed by atoms with E-state index in [1.807, 2.05) is 36.4 Å². The van der Waals surface area contributed by atoms with Crippen molar-refractivity contribution in [2.45, 2.75) is 0 Å². The maximum absolute atomic E-state index is 6.22. The van der Waals surface area contributed by atoms with Crippen molar-refractivity contribution in [3.05, 3.63) is 212 Å². The molecule has 2 heterocycles. The summed E-state index contributed by atoms with van der Waals surface area (Å²) in [6.45, 7) is 0. The quantitative estimate of drug-likeness (QED) is 0.164. The van der Waals surface area contributed by atoms with Crippen molar-refractivity contribution in [1.82, 2.24) is 9.55 Å². The molecule has 0 aliphatic heterocycles. The highest BCUT2D eigenvalue weighted by Gasteiger charge is 2.19. The fraction of sp³-hybridized carbons (Fsp3) is 0. The van der Waals surface area contributed by atoms with Crippen molar-refractivity contribution in [2.24, 2.45) is 0 Å². The number of fused-ring (bicyclic) bond motifs is 6. The minimum atomic E-state index is 0.632. The summed E-state index contributed by atoms with van der Waals surface area (Å²) >= 11 is 0. The molecule has 0 fully saturated rings. The SMILES string of the molecule is c1ccc(-c2ccc(N(c3ccc(-c4cccc5c4ccc4oc(-c6ccccc6)nc45)cc3)c3ccc4c5ccccc5n(-c5ccccc5)c4c3)cc2)cc1. The van der Waals surface area contributed by atoms with Gasteiger partial charge in [0.1, 0.15) is 5.52 Å². The Labute approximate surface area is 330 Å². The lowest BCUT2D eigenvalue weighted by Gasteiger charge is -2.26. The molecule has 0 bridgehead atoms. The molecule has 0 aliphatic rings. The second kappa shape index (κ2) is 13.6. The van der Waals surface area contributed by atoms with Crippen LogP contribution in [0.25, 0.3) is 83.1 Å². The van der Waals surface area contributed by atoms with Crippen molar-refractivity contribution >= 4 is 60.7 Å². The first-order valence-corrected chi connectivity index (χ1v) is 19.3. The molecule has 0 saturated carbocycles. The van der Waals surface area contributed by atoms with Gasteiger partial charge in [-0.3, -0.25) is 0 Å². The smallest absolute Gasteiger partial charge is 0.227 e. The van der Waals surface area contributed by atoms with Crippen LogP contribution in [0.4, 0.5) is 17.1 Å². The molecule has 0 radical (unpaired) electrons. The van der Waals surface area contributed by atoms with Crippen LogP contribution >= 0.6 is 0 Å². The monoisotopic (exact) mass is 729 g/mol. The van der Waals surface area contributed by atoms with Crippen LogP contribution in [0.2, 0.25) is 0 Å². The Morgan fingerprint density at radius 3 is 1.68 bits per heavy atom. The van der Waals surface area contributed by atoms with Crippen molar-refractivity contribution < 1.29 is 4.42 Å². The minimum absolute atomic E-state index is 0.632. The van der Waals surface area contributed by atoms with Crippen molar-refractivity contribution in [2.75, 3.05) is 4.90 Å². The highest BCUT2D eigenvalue weighted by atomic mass is 16.3. The van der Waals surface area contributed by atoms with Crippen LogP contribution in [0.5, 0.6) is 0 Å². The summed E-state index contributed by atoms with van der Waals surface area (Å²) in [5, 5.41) is 4.67. The number of para-hydroxylation sites is 2.